The minimum Gasteiger partial charge on any atom is -0.462 e. The molecule has 0 N–H and O–H groups in total. The fourth-order valence-electron chi connectivity index (χ4n) is 6.19. The van der Waals surface area contributed by atoms with Gasteiger partial charge in [0.1, 0.15) is 12.2 Å². The zero-order valence-electron chi connectivity index (χ0n) is 13.5. The second-order valence-electron chi connectivity index (χ2n) is 8.76. The summed E-state index contributed by atoms with van der Waals surface area (Å²) < 4.78 is 11.5. The first kappa shape index (κ1) is 14.0. The van der Waals surface area contributed by atoms with Crippen LogP contribution in [0.3, 0.4) is 0 Å². The van der Waals surface area contributed by atoms with Crippen LogP contribution in [0.2, 0.25) is 0 Å². The van der Waals surface area contributed by atoms with Gasteiger partial charge in [0.2, 0.25) is 0 Å². The maximum Gasteiger partial charge on any atom is 0.312 e. The zero-order chi connectivity index (χ0) is 14.7. The van der Waals surface area contributed by atoms with Crippen molar-refractivity contribution in [1.29, 1.82) is 0 Å². The Balaban J connectivity index is 1.46. The molecule has 3 heteroatoms. The van der Waals surface area contributed by atoms with Gasteiger partial charge in [-0.3, -0.25) is 4.79 Å². The molecule has 5 fully saturated rings. The maximum atomic E-state index is 12.9. The normalized spacial score (nSPS) is 50.8. The van der Waals surface area contributed by atoms with Crippen molar-refractivity contribution in [1.82, 2.24) is 0 Å². The monoisotopic (exact) mass is 292 g/mol. The Morgan fingerprint density at radius 2 is 1.90 bits per heavy atom. The van der Waals surface area contributed by atoms with Crippen LogP contribution < -0.4 is 0 Å². The molecule has 0 amide bonds. The minimum atomic E-state index is -0.165. The van der Waals surface area contributed by atoms with Crippen LogP contribution in [0.4, 0.5) is 0 Å². The number of hydrogen-bond acceptors (Lipinski definition) is 3. The highest BCUT2D eigenvalue weighted by Crippen LogP contribution is 2.65. The summed E-state index contributed by atoms with van der Waals surface area (Å²) in [5.74, 6) is 1.62. The molecule has 21 heavy (non-hydrogen) atoms. The molecule has 0 spiro atoms. The SMILES string of the molecule is CCC1(COC(=O)C23CC4CC(CC(C)(C4)C2)C3)CCO1. The Morgan fingerprint density at radius 1 is 1.24 bits per heavy atom. The second kappa shape index (κ2) is 4.47. The number of carbonyl (C=O) groups excluding carboxylic acids is 1. The third-order valence-electron chi connectivity index (χ3n) is 6.86. The van der Waals surface area contributed by atoms with Crippen molar-refractivity contribution in [3.63, 3.8) is 0 Å². The zero-order valence-corrected chi connectivity index (χ0v) is 13.5. The molecule has 118 valence electrons. The predicted molar refractivity (Wildman–Crippen MR) is 79.8 cm³/mol. The lowest BCUT2D eigenvalue weighted by molar-refractivity contribution is -0.206. The molecular weight excluding hydrogens is 264 g/mol. The van der Waals surface area contributed by atoms with E-state index in [9.17, 15) is 4.79 Å². The van der Waals surface area contributed by atoms with E-state index in [1.54, 1.807) is 0 Å². The predicted octanol–water partition coefficient (Wildman–Crippen LogP) is 3.71. The first-order valence-electron chi connectivity index (χ1n) is 8.78. The molecule has 4 bridgehead atoms. The molecule has 0 aromatic heterocycles. The maximum absolute atomic E-state index is 12.9. The number of hydrogen-bond donors (Lipinski definition) is 0. The Bertz CT molecular complexity index is 432. The summed E-state index contributed by atoms with van der Waals surface area (Å²) in [5.41, 5.74) is 0.0812. The first-order chi connectivity index (χ1) is 9.97. The quantitative estimate of drug-likeness (QED) is 0.741. The first-order valence-corrected chi connectivity index (χ1v) is 8.78. The van der Waals surface area contributed by atoms with Gasteiger partial charge in [-0.15, -0.1) is 0 Å². The average Bonchev–Trinajstić information content (AvgIpc) is 2.34. The Morgan fingerprint density at radius 3 is 2.38 bits per heavy atom. The Kier molecular flexibility index (Phi) is 2.99. The molecule has 3 unspecified atom stereocenters. The molecule has 4 aliphatic carbocycles. The van der Waals surface area contributed by atoms with Gasteiger partial charge in [0.05, 0.1) is 12.0 Å². The van der Waals surface area contributed by atoms with Crippen LogP contribution >= 0.6 is 0 Å². The lowest BCUT2D eigenvalue weighted by Gasteiger charge is -2.60. The lowest BCUT2D eigenvalue weighted by atomic mass is 9.44. The van der Waals surface area contributed by atoms with Crippen LogP contribution in [0.15, 0.2) is 0 Å². The Hall–Kier alpha value is -0.570. The van der Waals surface area contributed by atoms with Gasteiger partial charge in [0, 0.05) is 6.42 Å². The van der Waals surface area contributed by atoms with Gasteiger partial charge in [0.15, 0.2) is 0 Å². The van der Waals surface area contributed by atoms with Crippen molar-refractivity contribution in [2.24, 2.45) is 22.7 Å². The molecule has 0 radical (unpaired) electrons. The number of carbonyl (C=O) groups is 1. The van der Waals surface area contributed by atoms with Gasteiger partial charge < -0.3 is 9.47 Å². The van der Waals surface area contributed by atoms with Gasteiger partial charge >= 0.3 is 5.97 Å². The standard InChI is InChI=1S/C18H28O3/c1-3-18(4-5-21-18)12-20-15(19)17-9-13-6-14(10-17)8-16(2,7-13)11-17/h13-14H,3-12H2,1-2H3. The highest BCUT2D eigenvalue weighted by atomic mass is 16.6. The second-order valence-corrected chi connectivity index (χ2v) is 8.76. The largest absolute Gasteiger partial charge is 0.462 e. The van der Waals surface area contributed by atoms with Crippen LogP contribution in [-0.4, -0.2) is 24.8 Å². The minimum absolute atomic E-state index is 0.0890. The average molecular weight is 292 g/mol. The summed E-state index contributed by atoms with van der Waals surface area (Å²) in [5, 5.41) is 0. The molecular formula is C18H28O3. The summed E-state index contributed by atoms with van der Waals surface area (Å²) in [6.07, 6.45) is 9.22. The molecule has 0 aromatic rings. The van der Waals surface area contributed by atoms with E-state index in [2.05, 4.69) is 13.8 Å². The van der Waals surface area contributed by atoms with Crippen molar-refractivity contribution >= 4 is 5.97 Å². The van der Waals surface area contributed by atoms with E-state index < -0.39 is 0 Å². The summed E-state index contributed by atoms with van der Waals surface area (Å²) in [4.78, 5) is 12.9. The summed E-state index contributed by atoms with van der Waals surface area (Å²) in [7, 11) is 0. The van der Waals surface area contributed by atoms with Crippen molar-refractivity contribution in [3.05, 3.63) is 0 Å². The van der Waals surface area contributed by atoms with Gasteiger partial charge in [-0.05, 0) is 62.2 Å². The van der Waals surface area contributed by atoms with E-state index in [4.69, 9.17) is 9.47 Å². The van der Waals surface area contributed by atoms with Crippen molar-refractivity contribution in [2.45, 2.75) is 70.8 Å². The molecule has 3 atom stereocenters. The highest BCUT2D eigenvalue weighted by Gasteiger charge is 2.59. The number of rotatable bonds is 4. The van der Waals surface area contributed by atoms with Crippen molar-refractivity contribution in [3.8, 4) is 0 Å². The van der Waals surface area contributed by atoms with Crippen LogP contribution in [0, 0.1) is 22.7 Å². The van der Waals surface area contributed by atoms with Crippen LogP contribution in [0.1, 0.15) is 65.2 Å². The fraction of sp³-hybridized carbons (Fsp3) is 0.944. The third-order valence-corrected chi connectivity index (χ3v) is 6.86. The van der Waals surface area contributed by atoms with Gasteiger partial charge in [0.25, 0.3) is 0 Å². The number of esters is 1. The molecule has 0 aromatic carbocycles. The Labute approximate surface area is 127 Å². The van der Waals surface area contributed by atoms with Crippen LogP contribution in [-0.2, 0) is 14.3 Å². The molecule has 1 heterocycles. The van der Waals surface area contributed by atoms with Crippen LogP contribution in [0.5, 0.6) is 0 Å². The van der Waals surface area contributed by atoms with E-state index in [-0.39, 0.29) is 17.0 Å². The van der Waals surface area contributed by atoms with Crippen LogP contribution in [0.25, 0.3) is 0 Å². The highest BCUT2D eigenvalue weighted by molar-refractivity contribution is 5.77. The topological polar surface area (TPSA) is 35.5 Å². The van der Waals surface area contributed by atoms with E-state index >= 15 is 0 Å². The van der Waals surface area contributed by atoms with Gasteiger partial charge in [-0.25, -0.2) is 0 Å². The molecule has 4 saturated carbocycles. The van der Waals surface area contributed by atoms with Gasteiger partial charge in [-0.2, -0.15) is 0 Å². The van der Waals surface area contributed by atoms with E-state index in [1.807, 2.05) is 0 Å². The van der Waals surface area contributed by atoms with E-state index in [0.29, 0.717) is 12.0 Å². The summed E-state index contributed by atoms with van der Waals surface area (Å²) in [6.45, 7) is 5.81. The summed E-state index contributed by atoms with van der Waals surface area (Å²) in [6, 6.07) is 0. The number of ether oxygens (including phenoxy) is 2. The molecule has 1 aliphatic heterocycles. The van der Waals surface area contributed by atoms with Crippen molar-refractivity contribution < 1.29 is 14.3 Å². The molecule has 1 saturated heterocycles. The summed E-state index contributed by atoms with van der Waals surface area (Å²) >= 11 is 0. The molecule has 5 rings (SSSR count). The van der Waals surface area contributed by atoms with E-state index in [0.717, 1.165) is 50.5 Å². The lowest BCUT2D eigenvalue weighted by Crippen LogP contribution is -2.55. The molecule has 3 nitrogen and oxygen atoms in total. The fourth-order valence-corrected chi connectivity index (χ4v) is 6.19. The smallest absolute Gasteiger partial charge is 0.312 e. The molecule has 5 aliphatic rings. The van der Waals surface area contributed by atoms with E-state index in [1.165, 1.54) is 19.3 Å². The van der Waals surface area contributed by atoms with Gasteiger partial charge in [-0.1, -0.05) is 13.8 Å². The third kappa shape index (κ3) is 2.15. The van der Waals surface area contributed by atoms with Crippen molar-refractivity contribution in [2.75, 3.05) is 13.2 Å².